The van der Waals surface area contributed by atoms with Gasteiger partial charge in [0.15, 0.2) is 0 Å². The van der Waals surface area contributed by atoms with Crippen LogP contribution in [0.1, 0.15) is 32.6 Å². The Morgan fingerprint density at radius 2 is 1.86 bits per heavy atom. The van der Waals surface area contributed by atoms with Crippen LogP contribution in [0.3, 0.4) is 0 Å². The maximum Gasteiger partial charge on any atom is 0.320 e. The second kappa shape index (κ2) is 5.83. The molecular weight excluding hydrogens is 270 g/mol. The van der Waals surface area contributed by atoms with Gasteiger partial charge in [0.25, 0.3) is 0 Å². The lowest BCUT2D eigenvalue weighted by Crippen LogP contribution is -2.56. The molecule has 6 heteroatoms. The van der Waals surface area contributed by atoms with Crippen LogP contribution in [0, 0.1) is 11.8 Å². The number of amides is 2. The highest BCUT2D eigenvalue weighted by Gasteiger charge is 2.40. The summed E-state index contributed by atoms with van der Waals surface area (Å²) in [6.45, 7) is 4.21. The predicted octanol–water partition coefficient (Wildman–Crippen LogP) is 0.975. The Balaban J connectivity index is 1.46. The van der Waals surface area contributed by atoms with E-state index in [1.807, 2.05) is 9.80 Å². The van der Waals surface area contributed by atoms with Crippen LogP contribution in [0.15, 0.2) is 0 Å². The molecule has 1 aliphatic heterocycles. The Labute approximate surface area is 125 Å². The van der Waals surface area contributed by atoms with Crippen LogP contribution in [-0.4, -0.2) is 65.2 Å². The molecule has 3 fully saturated rings. The number of aliphatic carboxylic acids is 1. The summed E-state index contributed by atoms with van der Waals surface area (Å²) in [5, 5.41) is 12.2. The van der Waals surface area contributed by atoms with Crippen molar-refractivity contribution in [3.05, 3.63) is 0 Å². The lowest BCUT2D eigenvalue weighted by atomic mass is 9.95. The van der Waals surface area contributed by atoms with E-state index < -0.39 is 12.0 Å². The van der Waals surface area contributed by atoms with Crippen molar-refractivity contribution in [2.75, 3.05) is 26.2 Å². The number of hydrogen-bond donors (Lipinski definition) is 2. The molecule has 2 N–H and O–H groups in total. The highest BCUT2D eigenvalue weighted by Crippen LogP contribution is 2.44. The summed E-state index contributed by atoms with van der Waals surface area (Å²) in [4.78, 5) is 27.1. The van der Waals surface area contributed by atoms with Crippen molar-refractivity contribution in [1.82, 2.24) is 15.1 Å². The summed E-state index contributed by atoms with van der Waals surface area (Å²) in [6.07, 6.45) is 5.03. The van der Waals surface area contributed by atoms with Crippen molar-refractivity contribution in [3.8, 4) is 0 Å². The average molecular weight is 295 g/mol. The number of fused-ring (bicyclic) bond motifs is 2. The summed E-state index contributed by atoms with van der Waals surface area (Å²) in [5.74, 6) is 0.718. The van der Waals surface area contributed by atoms with Gasteiger partial charge in [0.1, 0.15) is 6.04 Å². The van der Waals surface area contributed by atoms with Gasteiger partial charge in [-0.05, 0) is 38.0 Å². The minimum Gasteiger partial charge on any atom is -0.480 e. The van der Waals surface area contributed by atoms with E-state index in [-0.39, 0.29) is 6.03 Å². The van der Waals surface area contributed by atoms with E-state index in [1.165, 1.54) is 19.3 Å². The Morgan fingerprint density at radius 3 is 2.38 bits per heavy atom. The first-order valence-electron chi connectivity index (χ1n) is 8.07. The van der Waals surface area contributed by atoms with Gasteiger partial charge in [-0.3, -0.25) is 9.69 Å². The highest BCUT2D eigenvalue weighted by atomic mass is 16.4. The van der Waals surface area contributed by atoms with Gasteiger partial charge in [0.2, 0.25) is 0 Å². The molecule has 4 atom stereocenters. The van der Waals surface area contributed by atoms with E-state index in [0.29, 0.717) is 38.1 Å². The van der Waals surface area contributed by atoms with Crippen LogP contribution < -0.4 is 5.32 Å². The molecule has 2 bridgehead atoms. The molecule has 2 aliphatic carbocycles. The van der Waals surface area contributed by atoms with Gasteiger partial charge in [-0.1, -0.05) is 6.42 Å². The van der Waals surface area contributed by atoms with E-state index in [1.54, 1.807) is 6.92 Å². The van der Waals surface area contributed by atoms with Gasteiger partial charge in [-0.2, -0.15) is 0 Å². The van der Waals surface area contributed by atoms with Crippen LogP contribution in [-0.2, 0) is 4.79 Å². The molecule has 0 aromatic carbocycles. The fourth-order valence-corrected chi connectivity index (χ4v) is 4.14. The maximum absolute atomic E-state index is 12.3. The lowest BCUT2D eigenvalue weighted by Gasteiger charge is -2.37. The van der Waals surface area contributed by atoms with E-state index in [0.717, 1.165) is 12.3 Å². The van der Waals surface area contributed by atoms with Gasteiger partial charge >= 0.3 is 12.0 Å². The smallest absolute Gasteiger partial charge is 0.320 e. The van der Waals surface area contributed by atoms with Gasteiger partial charge < -0.3 is 15.3 Å². The molecule has 0 aromatic heterocycles. The Kier molecular flexibility index (Phi) is 4.06. The zero-order valence-electron chi connectivity index (χ0n) is 12.6. The van der Waals surface area contributed by atoms with Gasteiger partial charge in [0, 0.05) is 32.2 Å². The number of carbonyl (C=O) groups excluding carboxylic acids is 1. The summed E-state index contributed by atoms with van der Waals surface area (Å²) in [5.41, 5.74) is 0. The third-order valence-electron chi connectivity index (χ3n) is 5.55. The summed E-state index contributed by atoms with van der Waals surface area (Å²) >= 11 is 0. The van der Waals surface area contributed by atoms with Crippen molar-refractivity contribution in [2.24, 2.45) is 11.8 Å². The van der Waals surface area contributed by atoms with Crippen molar-refractivity contribution >= 4 is 12.0 Å². The highest BCUT2D eigenvalue weighted by molar-refractivity contribution is 5.75. The second-order valence-corrected chi connectivity index (χ2v) is 6.77. The number of hydrogen-bond acceptors (Lipinski definition) is 3. The molecule has 1 saturated heterocycles. The van der Waals surface area contributed by atoms with E-state index in [2.05, 4.69) is 5.32 Å². The van der Waals surface area contributed by atoms with Crippen molar-refractivity contribution in [1.29, 1.82) is 0 Å². The molecule has 3 rings (SSSR count). The first-order valence-corrected chi connectivity index (χ1v) is 8.07. The zero-order chi connectivity index (χ0) is 15.0. The second-order valence-electron chi connectivity index (χ2n) is 6.77. The predicted molar refractivity (Wildman–Crippen MR) is 78.0 cm³/mol. The molecule has 118 valence electrons. The van der Waals surface area contributed by atoms with Gasteiger partial charge in [0.05, 0.1) is 0 Å². The third kappa shape index (κ3) is 3.00. The van der Waals surface area contributed by atoms with E-state index in [9.17, 15) is 9.59 Å². The van der Waals surface area contributed by atoms with Crippen LogP contribution >= 0.6 is 0 Å². The van der Waals surface area contributed by atoms with Crippen LogP contribution in [0.25, 0.3) is 0 Å². The molecule has 0 spiro atoms. The third-order valence-corrected chi connectivity index (χ3v) is 5.55. The molecule has 2 saturated carbocycles. The number of nitrogens with zero attached hydrogens (tertiary/aromatic N) is 2. The molecule has 21 heavy (non-hydrogen) atoms. The molecule has 0 aromatic rings. The number of urea groups is 1. The maximum atomic E-state index is 12.3. The summed E-state index contributed by atoms with van der Waals surface area (Å²) in [7, 11) is 0. The number of carbonyl (C=O) groups is 2. The molecule has 6 nitrogen and oxygen atoms in total. The molecular formula is C15H25N3O3. The topological polar surface area (TPSA) is 72.9 Å². The number of carboxylic acids is 1. The fourth-order valence-electron chi connectivity index (χ4n) is 4.14. The molecule has 3 aliphatic rings. The quantitative estimate of drug-likeness (QED) is 0.814. The lowest BCUT2D eigenvalue weighted by molar-refractivity contribution is -0.143. The average Bonchev–Trinajstić information content (AvgIpc) is 3.09. The first-order chi connectivity index (χ1) is 10.0. The van der Waals surface area contributed by atoms with Crippen molar-refractivity contribution in [3.63, 3.8) is 0 Å². The minimum absolute atomic E-state index is 0.0372. The van der Waals surface area contributed by atoms with Crippen molar-refractivity contribution < 1.29 is 14.7 Å². The number of nitrogens with one attached hydrogen (secondary N) is 1. The first kappa shape index (κ1) is 14.6. The standard InChI is InChI=1S/C15H25N3O3/c1-10(14(19)20)17-4-6-18(7-5-17)15(21)16-13-9-11-2-3-12(13)8-11/h10-13H,2-9H2,1H3,(H,16,21)(H,19,20). The van der Waals surface area contributed by atoms with Crippen molar-refractivity contribution in [2.45, 2.75) is 44.7 Å². The minimum atomic E-state index is -0.796. The number of rotatable bonds is 3. The van der Waals surface area contributed by atoms with Crippen LogP contribution in [0.4, 0.5) is 4.79 Å². The monoisotopic (exact) mass is 295 g/mol. The SMILES string of the molecule is CC(C(=O)O)N1CCN(C(=O)NC2CC3CCC2C3)CC1. The summed E-state index contributed by atoms with van der Waals surface area (Å²) < 4.78 is 0. The van der Waals surface area contributed by atoms with E-state index in [4.69, 9.17) is 5.11 Å². The normalized spacial score (nSPS) is 34.0. The largest absolute Gasteiger partial charge is 0.480 e. The molecule has 2 amide bonds. The van der Waals surface area contributed by atoms with Crippen LogP contribution in [0.5, 0.6) is 0 Å². The zero-order valence-corrected chi connectivity index (χ0v) is 12.6. The molecule has 4 unspecified atom stereocenters. The van der Waals surface area contributed by atoms with Gasteiger partial charge in [-0.25, -0.2) is 4.79 Å². The van der Waals surface area contributed by atoms with Gasteiger partial charge in [-0.15, -0.1) is 0 Å². The summed E-state index contributed by atoms with van der Waals surface area (Å²) in [6, 6.07) is -0.0665. The Morgan fingerprint density at radius 1 is 1.14 bits per heavy atom. The van der Waals surface area contributed by atoms with Crippen LogP contribution in [0.2, 0.25) is 0 Å². The fraction of sp³-hybridized carbons (Fsp3) is 0.867. The number of carboxylic acid groups (broad SMARTS) is 1. The molecule has 0 radical (unpaired) electrons. The Bertz CT molecular complexity index is 420. The van der Waals surface area contributed by atoms with E-state index >= 15 is 0 Å². The molecule has 1 heterocycles. The number of piperazine rings is 1. The Hall–Kier alpha value is -1.30.